The SMILES string of the molecule is Cc1ccc(N2C[C@@H](c3nc(-c4ccc(N5CCCC5)cc4)no3)CC2=O)cc1C. The number of aryl methyl sites for hydroxylation is 2. The largest absolute Gasteiger partial charge is 0.372 e. The Kier molecular flexibility index (Phi) is 4.77. The Morgan fingerprint density at radius 2 is 1.70 bits per heavy atom. The minimum absolute atomic E-state index is 0.0794. The van der Waals surface area contributed by atoms with Crippen LogP contribution in [0.4, 0.5) is 11.4 Å². The molecule has 0 radical (unpaired) electrons. The van der Waals surface area contributed by atoms with Gasteiger partial charge in [0.15, 0.2) is 0 Å². The predicted octanol–water partition coefficient (Wildman–Crippen LogP) is 4.47. The molecule has 5 rings (SSSR count). The zero-order valence-corrected chi connectivity index (χ0v) is 17.5. The van der Waals surface area contributed by atoms with E-state index in [2.05, 4.69) is 53.2 Å². The van der Waals surface area contributed by atoms with Crippen molar-refractivity contribution in [1.82, 2.24) is 10.1 Å². The van der Waals surface area contributed by atoms with Crippen molar-refractivity contribution in [3.63, 3.8) is 0 Å². The molecule has 2 aromatic carbocycles. The van der Waals surface area contributed by atoms with Crippen molar-refractivity contribution in [3.8, 4) is 11.4 Å². The Morgan fingerprint density at radius 1 is 0.967 bits per heavy atom. The highest BCUT2D eigenvalue weighted by Gasteiger charge is 2.35. The van der Waals surface area contributed by atoms with Crippen LogP contribution in [0.2, 0.25) is 0 Å². The monoisotopic (exact) mass is 402 g/mol. The number of carbonyl (C=O) groups is 1. The van der Waals surface area contributed by atoms with Crippen molar-refractivity contribution < 1.29 is 9.32 Å². The van der Waals surface area contributed by atoms with Gasteiger partial charge in [-0.3, -0.25) is 4.79 Å². The second kappa shape index (κ2) is 7.59. The number of amides is 1. The normalized spacial score (nSPS) is 19.1. The summed E-state index contributed by atoms with van der Waals surface area (Å²) < 4.78 is 5.56. The fraction of sp³-hybridized carbons (Fsp3) is 0.375. The molecule has 3 heterocycles. The summed E-state index contributed by atoms with van der Waals surface area (Å²) in [4.78, 5) is 21.5. The van der Waals surface area contributed by atoms with Crippen LogP contribution in [0, 0.1) is 13.8 Å². The van der Waals surface area contributed by atoms with Crippen LogP contribution in [0.15, 0.2) is 47.0 Å². The van der Waals surface area contributed by atoms with Gasteiger partial charge in [-0.1, -0.05) is 11.2 Å². The Hall–Kier alpha value is -3.15. The van der Waals surface area contributed by atoms with Crippen molar-refractivity contribution in [1.29, 1.82) is 0 Å². The first kappa shape index (κ1) is 18.9. The van der Waals surface area contributed by atoms with Crippen LogP contribution in [0.25, 0.3) is 11.4 Å². The molecule has 1 atom stereocenters. The molecule has 6 nitrogen and oxygen atoms in total. The number of rotatable bonds is 4. The molecule has 1 aromatic heterocycles. The van der Waals surface area contributed by atoms with Crippen LogP contribution in [-0.2, 0) is 4.79 Å². The molecule has 2 aliphatic rings. The van der Waals surface area contributed by atoms with E-state index < -0.39 is 0 Å². The van der Waals surface area contributed by atoms with Gasteiger partial charge in [0.05, 0.1) is 5.92 Å². The van der Waals surface area contributed by atoms with Crippen LogP contribution < -0.4 is 9.80 Å². The topological polar surface area (TPSA) is 62.5 Å². The summed E-state index contributed by atoms with van der Waals surface area (Å²) >= 11 is 0. The molecule has 0 N–H and O–H groups in total. The summed E-state index contributed by atoms with van der Waals surface area (Å²) in [5.41, 5.74) is 5.51. The maximum Gasteiger partial charge on any atom is 0.232 e. The van der Waals surface area contributed by atoms with Gasteiger partial charge in [-0.2, -0.15) is 4.98 Å². The minimum atomic E-state index is -0.0794. The van der Waals surface area contributed by atoms with Gasteiger partial charge < -0.3 is 14.3 Å². The quantitative estimate of drug-likeness (QED) is 0.644. The average molecular weight is 402 g/mol. The molecule has 2 fully saturated rings. The van der Waals surface area contributed by atoms with E-state index in [4.69, 9.17) is 4.52 Å². The van der Waals surface area contributed by atoms with E-state index in [0.717, 1.165) is 24.3 Å². The van der Waals surface area contributed by atoms with Crippen molar-refractivity contribution in [3.05, 3.63) is 59.5 Å². The van der Waals surface area contributed by atoms with Crippen LogP contribution in [0.5, 0.6) is 0 Å². The average Bonchev–Trinajstić information content (AvgIpc) is 3.51. The number of carbonyl (C=O) groups excluding carboxylic acids is 1. The van der Waals surface area contributed by atoms with Gasteiger partial charge in [-0.15, -0.1) is 0 Å². The van der Waals surface area contributed by atoms with Crippen LogP contribution in [0.3, 0.4) is 0 Å². The van der Waals surface area contributed by atoms with Gasteiger partial charge in [0.1, 0.15) is 0 Å². The highest BCUT2D eigenvalue weighted by Crippen LogP contribution is 2.33. The third-order valence-electron chi connectivity index (χ3n) is 6.31. The van der Waals surface area contributed by atoms with Gasteiger partial charge >= 0.3 is 0 Å². The lowest BCUT2D eigenvalue weighted by molar-refractivity contribution is -0.117. The Labute approximate surface area is 176 Å². The molecule has 154 valence electrons. The first-order valence-electron chi connectivity index (χ1n) is 10.6. The fourth-order valence-corrected chi connectivity index (χ4v) is 4.33. The van der Waals surface area contributed by atoms with Gasteiger partial charge in [0.2, 0.25) is 17.6 Å². The number of anilines is 2. The van der Waals surface area contributed by atoms with E-state index in [-0.39, 0.29) is 11.8 Å². The van der Waals surface area contributed by atoms with E-state index in [9.17, 15) is 4.79 Å². The van der Waals surface area contributed by atoms with E-state index in [1.54, 1.807) is 0 Å². The highest BCUT2D eigenvalue weighted by molar-refractivity contribution is 5.96. The first-order chi connectivity index (χ1) is 14.6. The predicted molar refractivity (Wildman–Crippen MR) is 117 cm³/mol. The summed E-state index contributed by atoms with van der Waals surface area (Å²) in [5, 5.41) is 4.18. The minimum Gasteiger partial charge on any atom is -0.372 e. The summed E-state index contributed by atoms with van der Waals surface area (Å²) in [5.74, 6) is 1.13. The molecular formula is C24H26N4O2. The fourth-order valence-electron chi connectivity index (χ4n) is 4.33. The standard InChI is InChI=1S/C24H26N4O2/c1-16-5-8-21(13-17(16)2)28-15-19(14-22(28)29)24-25-23(26-30-24)18-6-9-20(10-7-18)27-11-3-4-12-27/h5-10,13,19H,3-4,11-12,14-15H2,1-2H3/t19-/m0/s1. The van der Waals surface area contributed by atoms with E-state index in [1.807, 2.05) is 23.1 Å². The first-order valence-corrected chi connectivity index (χ1v) is 10.6. The van der Waals surface area contributed by atoms with Crippen LogP contribution in [-0.4, -0.2) is 35.7 Å². The molecule has 0 unspecified atom stereocenters. The molecular weight excluding hydrogens is 376 g/mol. The van der Waals surface area contributed by atoms with E-state index in [0.29, 0.717) is 24.7 Å². The Bertz CT molecular complexity index is 1070. The van der Waals surface area contributed by atoms with E-state index >= 15 is 0 Å². The lowest BCUT2D eigenvalue weighted by Gasteiger charge is -2.17. The number of aromatic nitrogens is 2. The number of hydrogen-bond acceptors (Lipinski definition) is 5. The maximum atomic E-state index is 12.6. The van der Waals surface area contributed by atoms with Gasteiger partial charge in [-0.05, 0) is 74.2 Å². The second-order valence-corrected chi connectivity index (χ2v) is 8.37. The Morgan fingerprint density at radius 3 is 2.43 bits per heavy atom. The van der Waals surface area contributed by atoms with Crippen molar-refractivity contribution in [2.45, 2.75) is 39.0 Å². The summed E-state index contributed by atoms with van der Waals surface area (Å²) in [7, 11) is 0. The molecule has 1 amide bonds. The molecule has 0 spiro atoms. The Balaban J connectivity index is 1.31. The van der Waals surface area contributed by atoms with Crippen LogP contribution >= 0.6 is 0 Å². The molecule has 2 saturated heterocycles. The molecule has 3 aromatic rings. The summed E-state index contributed by atoms with van der Waals surface area (Å²) in [6, 6.07) is 14.5. The molecule has 0 aliphatic carbocycles. The maximum absolute atomic E-state index is 12.6. The second-order valence-electron chi connectivity index (χ2n) is 8.37. The highest BCUT2D eigenvalue weighted by atomic mass is 16.5. The number of benzene rings is 2. The summed E-state index contributed by atoms with van der Waals surface area (Å²) in [6.45, 7) is 6.95. The van der Waals surface area contributed by atoms with Crippen molar-refractivity contribution in [2.24, 2.45) is 0 Å². The lowest BCUT2D eigenvalue weighted by Crippen LogP contribution is -2.24. The molecule has 0 bridgehead atoms. The lowest BCUT2D eigenvalue weighted by atomic mass is 10.1. The zero-order chi connectivity index (χ0) is 20.7. The van der Waals surface area contributed by atoms with Crippen molar-refractivity contribution >= 4 is 17.3 Å². The third-order valence-corrected chi connectivity index (χ3v) is 6.31. The van der Waals surface area contributed by atoms with Crippen LogP contribution in [0.1, 0.15) is 42.2 Å². The molecule has 0 saturated carbocycles. The molecule has 6 heteroatoms. The van der Waals surface area contributed by atoms with Gasteiger partial charge in [-0.25, -0.2) is 0 Å². The third kappa shape index (κ3) is 3.47. The summed E-state index contributed by atoms with van der Waals surface area (Å²) in [6.07, 6.45) is 2.91. The smallest absolute Gasteiger partial charge is 0.232 e. The molecule has 2 aliphatic heterocycles. The van der Waals surface area contributed by atoms with Gasteiger partial charge in [0.25, 0.3) is 0 Å². The van der Waals surface area contributed by atoms with E-state index in [1.165, 1.54) is 29.7 Å². The van der Waals surface area contributed by atoms with Crippen molar-refractivity contribution in [2.75, 3.05) is 29.4 Å². The molecule has 30 heavy (non-hydrogen) atoms. The van der Waals surface area contributed by atoms with Gasteiger partial charge in [0, 0.05) is 43.0 Å². The number of nitrogens with zero attached hydrogens (tertiary/aromatic N) is 4. The zero-order valence-electron chi connectivity index (χ0n) is 17.5. The number of hydrogen-bond donors (Lipinski definition) is 0.